The van der Waals surface area contributed by atoms with E-state index in [4.69, 9.17) is 9.47 Å². The molecule has 2 aliphatic rings. The van der Waals surface area contributed by atoms with E-state index in [0.717, 1.165) is 12.8 Å². The van der Waals surface area contributed by atoms with Crippen molar-refractivity contribution in [1.29, 1.82) is 0 Å². The molecular weight excluding hydrogens is 200 g/mol. The maximum Gasteiger partial charge on any atom is 0.0752 e. The molecule has 4 unspecified atom stereocenters. The van der Waals surface area contributed by atoms with Crippen molar-refractivity contribution in [2.45, 2.75) is 37.9 Å². The lowest BCUT2D eigenvalue weighted by atomic mass is 9.78. The van der Waals surface area contributed by atoms with Crippen LogP contribution in [0.3, 0.4) is 0 Å². The van der Waals surface area contributed by atoms with Crippen LogP contribution >= 0.6 is 0 Å². The Hall–Kier alpha value is -0.600. The molecule has 4 atom stereocenters. The van der Waals surface area contributed by atoms with Gasteiger partial charge in [-0.1, -0.05) is 24.3 Å². The molecule has 0 amide bonds. The number of hydrogen-bond acceptors (Lipinski definition) is 2. The fourth-order valence-electron chi connectivity index (χ4n) is 2.74. The average Bonchev–Trinajstić information content (AvgIpc) is 2.39. The molecule has 90 valence electrons. The minimum atomic E-state index is 0.343. The molecule has 2 rings (SSSR count). The number of rotatable bonds is 3. The maximum absolute atomic E-state index is 5.34. The highest BCUT2D eigenvalue weighted by Crippen LogP contribution is 2.32. The summed E-state index contributed by atoms with van der Waals surface area (Å²) in [7, 11) is 3.58. The molecule has 0 N–H and O–H groups in total. The standard InChI is InChI=1S/C14H22O2/c1-15-13-7-3-11(4-8-13)12-5-9-14(16-2)10-6-12/h3,5,7,9,11-14H,4,6,8,10H2,1-2H3. The zero-order valence-electron chi connectivity index (χ0n) is 10.3. The van der Waals surface area contributed by atoms with E-state index in [9.17, 15) is 0 Å². The Balaban J connectivity index is 1.90. The molecule has 2 heteroatoms. The molecule has 2 aliphatic carbocycles. The molecular formula is C14H22O2. The average molecular weight is 222 g/mol. The van der Waals surface area contributed by atoms with Gasteiger partial charge < -0.3 is 9.47 Å². The van der Waals surface area contributed by atoms with Gasteiger partial charge in [0.05, 0.1) is 12.2 Å². The van der Waals surface area contributed by atoms with Crippen LogP contribution < -0.4 is 0 Å². The van der Waals surface area contributed by atoms with Crippen molar-refractivity contribution >= 4 is 0 Å². The van der Waals surface area contributed by atoms with Crippen LogP contribution in [-0.2, 0) is 9.47 Å². The Labute approximate surface area is 98.3 Å². The summed E-state index contributed by atoms with van der Waals surface area (Å²) < 4.78 is 10.7. The van der Waals surface area contributed by atoms with Gasteiger partial charge >= 0.3 is 0 Å². The van der Waals surface area contributed by atoms with Gasteiger partial charge in [0.2, 0.25) is 0 Å². The van der Waals surface area contributed by atoms with Crippen molar-refractivity contribution in [3.05, 3.63) is 24.3 Å². The molecule has 0 aromatic carbocycles. The fraction of sp³-hybridized carbons (Fsp3) is 0.714. The third-order valence-electron chi connectivity index (χ3n) is 3.87. The van der Waals surface area contributed by atoms with Crippen molar-refractivity contribution in [3.63, 3.8) is 0 Å². The van der Waals surface area contributed by atoms with Gasteiger partial charge in [-0.15, -0.1) is 0 Å². The lowest BCUT2D eigenvalue weighted by Gasteiger charge is -2.30. The fourth-order valence-corrected chi connectivity index (χ4v) is 2.74. The van der Waals surface area contributed by atoms with Crippen LogP contribution in [0.2, 0.25) is 0 Å². The number of ether oxygens (including phenoxy) is 2. The van der Waals surface area contributed by atoms with Crippen LogP contribution in [0.4, 0.5) is 0 Å². The van der Waals surface area contributed by atoms with Gasteiger partial charge in [-0.3, -0.25) is 0 Å². The first kappa shape index (κ1) is 11.9. The summed E-state index contributed by atoms with van der Waals surface area (Å²) >= 11 is 0. The SMILES string of the molecule is COC1C=CC(C2C=CC(OC)CC2)CC1. The Kier molecular flexibility index (Phi) is 4.19. The van der Waals surface area contributed by atoms with E-state index in [1.54, 1.807) is 14.2 Å². The van der Waals surface area contributed by atoms with E-state index in [-0.39, 0.29) is 0 Å². The van der Waals surface area contributed by atoms with E-state index in [1.807, 2.05) is 0 Å². The highest BCUT2D eigenvalue weighted by molar-refractivity contribution is 5.08. The number of hydrogen-bond donors (Lipinski definition) is 0. The van der Waals surface area contributed by atoms with E-state index in [1.165, 1.54) is 12.8 Å². The summed E-state index contributed by atoms with van der Waals surface area (Å²) in [6.45, 7) is 0. The summed E-state index contributed by atoms with van der Waals surface area (Å²) in [5.74, 6) is 1.42. The second-order valence-electron chi connectivity index (χ2n) is 4.80. The van der Waals surface area contributed by atoms with Crippen molar-refractivity contribution in [1.82, 2.24) is 0 Å². The lowest BCUT2D eigenvalue weighted by molar-refractivity contribution is 0.107. The molecule has 2 nitrogen and oxygen atoms in total. The molecule has 0 aliphatic heterocycles. The molecule has 0 saturated carbocycles. The minimum absolute atomic E-state index is 0.343. The topological polar surface area (TPSA) is 18.5 Å². The highest BCUT2D eigenvalue weighted by Gasteiger charge is 2.24. The molecule has 0 fully saturated rings. The van der Waals surface area contributed by atoms with Crippen molar-refractivity contribution in [2.24, 2.45) is 11.8 Å². The summed E-state index contributed by atoms with van der Waals surface area (Å²) in [5, 5.41) is 0. The first-order chi connectivity index (χ1) is 7.83. The van der Waals surface area contributed by atoms with Crippen LogP contribution in [0, 0.1) is 11.8 Å². The van der Waals surface area contributed by atoms with Gasteiger partial charge in [0.1, 0.15) is 0 Å². The molecule has 0 aromatic heterocycles. The Morgan fingerprint density at radius 1 is 0.688 bits per heavy atom. The third-order valence-corrected chi connectivity index (χ3v) is 3.87. The van der Waals surface area contributed by atoms with Gasteiger partial charge in [0, 0.05) is 14.2 Å². The van der Waals surface area contributed by atoms with Crippen LogP contribution in [0.5, 0.6) is 0 Å². The minimum Gasteiger partial charge on any atom is -0.377 e. The lowest BCUT2D eigenvalue weighted by Crippen LogP contribution is -2.23. The van der Waals surface area contributed by atoms with Crippen LogP contribution in [0.1, 0.15) is 25.7 Å². The second kappa shape index (κ2) is 5.65. The molecule has 16 heavy (non-hydrogen) atoms. The van der Waals surface area contributed by atoms with E-state index in [0.29, 0.717) is 24.0 Å². The predicted molar refractivity (Wildman–Crippen MR) is 65.3 cm³/mol. The molecule has 0 saturated heterocycles. The predicted octanol–water partition coefficient (Wildman–Crippen LogP) is 2.95. The number of allylic oxidation sites excluding steroid dienone is 2. The summed E-state index contributed by atoms with van der Waals surface area (Å²) in [6.07, 6.45) is 14.7. The van der Waals surface area contributed by atoms with E-state index >= 15 is 0 Å². The van der Waals surface area contributed by atoms with Crippen molar-refractivity contribution < 1.29 is 9.47 Å². The Morgan fingerprint density at radius 3 is 1.38 bits per heavy atom. The first-order valence-corrected chi connectivity index (χ1v) is 6.25. The quantitative estimate of drug-likeness (QED) is 0.683. The highest BCUT2D eigenvalue weighted by atomic mass is 16.5. The first-order valence-electron chi connectivity index (χ1n) is 6.25. The summed E-state index contributed by atoms with van der Waals surface area (Å²) in [5.41, 5.74) is 0. The van der Waals surface area contributed by atoms with Gasteiger partial charge in [0.25, 0.3) is 0 Å². The Morgan fingerprint density at radius 2 is 1.12 bits per heavy atom. The van der Waals surface area contributed by atoms with Crippen LogP contribution in [0.25, 0.3) is 0 Å². The van der Waals surface area contributed by atoms with Gasteiger partial charge in [-0.2, -0.15) is 0 Å². The Bertz CT molecular complexity index is 242. The van der Waals surface area contributed by atoms with Crippen molar-refractivity contribution in [2.75, 3.05) is 14.2 Å². The van der Waals surface area contributed by atoms with E-state index < -0.39 is 0 Å². The maximum atomic E-state index is 5.34. The molecule has 0 spiro atoms. The largest absolute Gasteiger partial charge is 0.377 e. The van der Waals surface area contributed by atoms with E-state index in [2.05, 4.69) is 24.3 Å². The second-order valence-corrected chi connectivity index (χ2v) is 4.80. The zero-order valence-corrected chi connectivity index (χ0v) is 10.3. The smallest absolute Gasteiger partial charge is 0.0752 e. The molecule has 0 aromatic rings. The normalized spacial score (nSPS) is 38.9. The van der Waals surface area contributed by atoms with Gasteiger partial charge in [0.15, 0.2) is 0 Å². The molecule has 0 radical (unpaired) electrons. The van der Waals surface area contributed by atoms with Gasteiger partial charge in [-0.25, -0.2) is 0 Å². The zero-order chi connectivity index (χ0) is 11.4. The molecule has 0 heterocycles. The van der Waals surface area contributed by atoms with Crippen LogP contribution in [-0.4, -0.2) is 26.4 Å². The summed E-state index contributed by atoms with van der Waals surface area (Å²) in [4.78, 5) is 0. The molecule has 0 bridgehead atoms. The summed E-state index contributed by atoms with van der Waals surface area (Å²) in [6, 6.07) is 0. The monoisotopic (exact) mass is 222 g/mol. The number of methoxy groups -OCH3 is 2. The van der Waals surface area contributed by atoms with Crippen molar-refractivity contribution in [3.8, 4) is 0 Å². The third kappa shape index (κ3) is 2.74. The van der Waals surface area contributed by atoms with Gasteiger partial charge in [-0.05, 0) is 37.5 Å². The van der Waals surface area contributed by atoms with Crippen LogP contribution in [0.15, 0.2) is 24.3 Å².